The van der Waals surface area contributed by atoms with Crippen LogP contribution in [0.15, 0.2) is 47.6 Å². The van der Waals surface area contributed by atoms with Gasteiger partial charge in [0, 0.05) is 5.69 Å². The summed E-state index contributed by atoms with van der Waals surface area (Å²) < 4.78 is 27.1. The van der Waals surface area contributed by atoms with Crippen LogP contribution >= 0.6 is 0 Å². The molecule has 0 heterocycles. The number of benzene rings is 2. The molecule has 0 saturated heterocycles. The normalized spacial score (nSPS) is 11.9. The van der Waals surface area contributed by atoms with Gasteiger partial charge in [-0.2, -0.15) is 0 Å². The number of carbonyl (C=O) groups is 2. The molecule has 142 valence electrons. The summed E-state index contributed by atoms with van der Waals surface area (Å²) in [5.41, 5.74) is 0.309. The Kier molecular flexibility index (Phi) is 6.99. The van der Waals surface area contributed by atoms with Crippen LogP contribution in [-0.4, -0.2) is 24.3 Å². The van der Waals surface area contributed by atoms with Crippen LogP contribution in [0.3, 0.4) is 0 Å². The molecule has 2 rings (SSSR count). The summed E-state index contributed by atoms with van der Waals surface area (Å²) >= 11 is 0. The summed E-state index contributed by atoms with van der Waals surface area (Å²) in [6, 6.07) is 8.60. The molecule has 0 spiro atoms. The fraction of sp³-hybridized carbons (Fsp3) is 0.211. The SMILES string of the molecule is CCC(C)O/N=C/c1ccc(NC(=O)NC(=O)c2c(F)cccc2F)cc1. The van der Waals surface area contributed by atoms with Gasteiger partial charge in [-0.05, 0) is 43.2 Å². The van der Waals surface area contributed by atoms with Crippen molar-refractivity contribution in [2.45, 2.75) is 26.4 Å². The lowest BCUT2D eigenvalue weighted by molar-refractivity contribution is 0.0712. The summed E-state index contributed by atoms with van der Waals surface area (Å²) in [6.07, 6.45) is 2.38. The second-order valence-corrected chi connectivity index (χ2v) is 5.69. The van der Waals surface area contributed by atoms with Crippen LogP contribution in [0.1, 0.15) is 36.2 Å². The molecule has 2 aromatic rings. The number of urea groups is 1. The number of halogens is 2. The Balaban J connectivity index is 1.93. The maximum Gasteiger partial charge on any atom is 0.326 e. The second-order valence-electron chi connectivity index (χ2n) is 5.69. The van der Waals surface area contributed by atoms with Crippen LogP contribution < -0.4 is 10.6 Å². The zero-order valence-electron chi connectivity index (χ0n) is 14.8. The second kappa shape index (κ2) is 9.42. The highest BCUT2D eigenvalue weighted by atomic mass is 19.1. The van der Waals surface area contributed by atoms with E-state index in [4.69, 9.17) is 4.84 Å². The molecule has 0 bridgehead atoms. The number of amides is 3. The maximum absolute atomic E-state index is 13.5. The van der Waals surface area contributed by atoms with Crippen LogP contribution in [0, 0.1) is 11.6 Å². The molecule has 8 heteroatoms. The van der Waals surface area contributed by atoms with Crippen LogP contribution in [0.2, 0.25) is 0 Å². The molecule has 3 amide bonds. The van der Waals surface area contributed by atoms with E-state index in [2.05, 4.69) is 10.5 Å². The van der Waals surface area contributed by atoms with Gasteiger partial charge in [0.05, 0.1) is 6.21 Å². The Morgan fingerprint density at radius 3 is 2.37 bits per heavy atom. The average Bonchev–Trinajstić information content (AvgIpc) is 2.62. The standard InChI is InChI=1S/C19H19F2N3O3/c1-3-12(2)27-22-11-13-7-9-14(10-8-13)23-19(26)24-18(25)17-15(20)5-4-6-16(17)21/h4-12H,3H2,1-2H3,(H2,23,24,25,26)/b22-11+. The topological polar surface area (TPSA) is 79.8 Å². The largest absolute Gasteiger partial charge is 0.393 e. The molecule has 0 saturated carbocycles. The van der Waals surface area contributed by atoms with Gasteiger partial charge in [0.15, 0.2) is 0 Å². The average molecular weight is 375 g/mol. The van der Waals surface area contributed by atoms with Crippen LogP contribution in [0.4, 0.5) is 19.3 Å². The molecule has 6 nitrogen and oxygen atoms in total. The van der Waals surface area contributed by atoms with Gasteiger partial charge in [-0.3, -0.25) is 10.1 Å². The molecule has 2 N–H and O–H groups in total. The van der Waals surface area contributed by atoms with Gasteiger partial charge in [0.2, 0.25) is 0 Å². The summed E-state index contributed by atoms with van der Waals surface area (Å²) in [5.74, 6) is -3.28. The number of rotatable bonds is 6. The number of oxime groups is 1. The van der Waals surface area contributed by atoms with Crippen molar-refractivity contribution in [1.82, 2.24) is 5.32 Å². The van der Waals surface area contributed by atoms with E-state index in [9.17, 15) is 18.4 Å². The summed E-state index contributed by atoms with van der Waals surface area (Å²) in [5, 5.41) is 8.13. The molecular weight excluding hydrogens is 356 g/mol. The number of hydrogen-bond donors (Lipinski definition) is 2. The lowest BCUT2D eigenvalue weighted by Crippen LogP contribution is -2.35. The number of imide groups is 1. The molecule has 2 aromatic carbocycles. The van der Waals surface area contributed by atoms with Gasteiger partial charge in [-0.15, -0.1) is 0 Å². The Labute approximate surface area is 155 Å². The van der Waals surface area contributed by atoms with Crippen LogP contribution in [-0.2, 0) is 4.84 Å². The summed E-state index contributed by atoms with van der Waals surface area (Å²) in [7, 11) is 0. The molecule has 0 aliphatic carbocycles. The minimum absolute atomic E-state index is 0.0164. The molecule has 1 unspecified atom stereocenters. The number of hydrogen-bond acceptors (Lipinski definition) is 4. The highest BCUT2D eigenvalue weighted by Crippen LogP contribution is 2.12. The van der Waals surface area contributed by atoms with Gasteiger partial charge in [0.25, 0.3) is 5.91 Å². The van der Waals surface area contributed by atoms with Gasteiger partial charge in [0.1, 0.15) is 23.3 Å². The Hall–Kier alpha value is -3.29. The van der Waals surface area contributed by atoms with Crippen molar-refractivity contribution in [1.29, 1.82) is 0 Å². The van der Waals surface area contributed by atoms with Crippen molar-refractivity contribution in [3.8, 4) is 0 Å². The third-order valence-corrected chi connectivity index (χ3v) is 3.60. The quantitative estimate of drug-likeness (QED) is 0.590. The minimum atomic E-state index is -1.17. The van der Waals surface area contributed by atoms with Crippen molar-refractivity contribution < 1.29 is 23.2 Å². The van der Waals surface area contributed by atoms with Gasteiger partial charge >= 0.3 is 6.03 Å². The van der Waals surface area contributed by atoms with Gasteiger partial charge in [-0.25, -0.2) is 13.6 Å². The first kappa shape index (κ1) is 20.0. The Bertz CT molecular complexity index is 818. The number of carbonyl (C=O) groups excluding carboxylic acids is 2. The molecule has 0 aliphatic heterocycles. The Morgan fingerprint density at radius 2 is 1.78 bits per heavy atom. The van der Waals surface area contributed by atoms with Crippen molar-refractivity contribution in [3.63, 3.8) is 0 Å². The fourth-order valence-corrected chi connectivity index (χ4v) is 1.96. The molecule has 1 atom stereocenters. The van der Waals surface area contributed by atoms with Crippen molar-refractivity contribution in [2.75, 3.05) is 5.32 Å². The van der Waals surface area contributed by atoms with Crippen molar-refractivity contribution >= 4 is 23.8 Å². The van der Waals surface area contributed by atoms with E-state index in [1.54, 1.807) is 24.3 Å². The molecule has 0 radical (unpaired) electrons. The van der Waals surface area contributed by atoms with Crippen molar-refractivity contribution in [3.05, 3.63) is 65.2 Å². The van der Waals surface area contributed by atoms with E-state index >= 15 is 0 Å². The first-order chi connectivity index (χ1) is 12.9. The molecular formula is C19H19F2N3O3. The molecule has 0 aromatic heterocycles. The monoisotopic (exact) mass is 375 g/mol. The van der Waals surface area contributed by atoms with E-state index < -0.39 is 29.1 Å². The zero-order valence-corrected chi connectivity index (χ0v) is 14.8. The third kappa shape index (κ3) is 5.88. The molecule has 0 fully saturated rings. The summed E-state index contributed by atoms with van der Waals surface area (Å²) in [4.78, 5) is 28.9. The fourth-order valence-electron chi connectivity index (χ4n) is 1.96. The lowest BCUT2D eigenvalue weighted by Gasteiger charge is -2.08. The highest BCUT2D eigenvalue weighted by Gasteiger charge is 2.19. The zero-order chi connectivity index (χ0) is 19.8. The molecule has 0 aliphatic rings. The van der Waals surface area contributed by atoms with E-state index in [0.29, 0.717) is 5.69 Å². The highest BCUT2D eigenvalue weighted by molar-refractivity contribution is 6.08. The van der Waals surface area contributed by atoms with E-state index in [1.807, 2.05) is 19.2 Å². The van der Waals surface area contributed by atoms with Crippen LogP contribution in [0.5, 0.6) is 0 Å². The lowest BCUT2D eigenvalue weighted by atomic mass is 10.2. The van der Waals surface area contributed by atoms with Gasteiger partial charge in [-0.1, -0.05) is 30.3 Å². The number of anilines is 1. The third-order valence-electron chi connectivity index (χ3n) is 3.60. The smallest absolute Gasteiger partial charge is 0.326 e. The van der Waals surface area contributed by atoms with Crippen molar-refractivity contribution in [2.24, 2.45) is 5.16 Å². The van der Waals surface area contributed by atoms with E-state index in [1.165, 1.54) is 6.21 Å². The van der Waals surface area contributed by atoms with E-state index in [0.717, 1.165) is 30.2 Å². The first-order valence-corrected chi connectivity index (χ1v) is 8.26. The predicted molar refractivity (Wildman–Crippen MR) is 97.7 cm³/mol. The minimum Gasteiger partial charge on any atom is -0.393 e. The van der Waals surface area contributed by atoms with Gasteiger partial charge < -0.3 is 10.2 Å². The number of nitrogens with one attached hydrogen (secondary N) is 2. The molecule has 27 heavy (non-hydrogen) atoms. The first-order valence-electron chi connectivity index (χ1n) is 8.26. The maximum atomic E-state index is 13.5. The van der Waals surface area contributed by atoms with Crippen LogP contribution in [0.25, 0.3) is 0 Å². The predicted octanol–water partition coefficient (Wildman–Crippen LogP) is 4.08. The Morgan fingerprint density at radius 1 is 1.15 bits per heavy atom. The number of nitrogens with zero attached hydrogens (tertiary/aromatic N) is 1. The van der Waals surface area contributed by atoms with E-state index in [-0.39, 0.29) is 6.10 Å². The summed E-state index contributed by atoms with van der Waals surface area (Å²) in [6.45, 7) is 3.88.